The number of ether oxygens (including phenoxy) is 1. The molecule has 2 aromatic heterocycles. The van der Waals surface area contributed by atoms with Crippen molar-refractivity contribution in [2.75, 3.05) is 0 Å². The minimum absolute atomic E-state index is 0.0311. The smallest absolute Gasteiger partial charge is 0.395 e. The minimum atomic E-state index is -4.46. The van der Waals surface area contributed by atoms with Gasteiger partial charge in [0.05, 0.1) is 39.5 Å². The Hall–Kier alpha value is -3.95. The van der Waals surface area contributed by atoms with E-state index in [1.54, 1.807) is 25.2 Å². The summed E-state index contributed by atoms with van der Waals surface area (Å²) in [6.45, 7) is 0.0730. The third-order valence-corrected chi connectivity index (χ3v) is 6.02. The van der Waals surface area contributed by atoms with Crippen LogP contribution in [-0.4, -0.2) is 32.3 Å². The summed E-state index contributed by atoms with van der Waals surface area (Å²) in [6.07, 6.45) is -2.13. The van der Waals surface area contributed by atoms with Crippen LogP contribution in [0.15, 0.2) is 58.0 Å². The maximum absolute atomic E-state index is 13.0. The fourth-order valence-corrected chi connectivity index (χ4v) is 3.92. The number of fused-ring (bicyclic) bond motifs is 1. The molecule has 13 heteroatoms. The SMILES string of the molecule is Cn1ncc(-c2ccc3c(=O)[nH]nc(CN)c3c2)c1/C=C(C#N)/C(=C\C(Cl)=C\F)O[C@H]1C[C@@H]1C(F)(F)F. The molecule has 192 valence electrons. The Morgan fingerprint density at radius 3 is 2.78 bits per heavy atom. The second-order valence-corrected chi connectivity index (χ2v) is 8.68. The van der Waals surface area contributed by atoms with E-state index in [4.69, 9.17) is 22.1 Å². The zero-order valence-corrected chi connectivity index (χ0v) is 19.9. The number of hydrogen-bond donors (Lipinski definition) is 2. The fraction of sp³-hybridized carbons (Fsp3) is 0.250. The average molecular weight is 535 g/mol. The summed E-state index contributed by atoms with van der Waals surface area (Å²) >= 11 is 5.74. The van der Waals surface area contributed by atoms with Gasteiger partial charge in [-0.3, -0.25) is 9.48 Å². The Bertz CT molecular complexity index is 1550. The summed E-state index contributed by atoms with van der Waals surface area (Å²) in [5, 5.41) is 20.9. The summed E-state index contributed by atoms with van der Waals surface area (Å²) in [5.41, 5.74) is 7.17. The molecular formula is C24H19ClF4N6O2. The van der Waals surface area contributed by atoms with E-state index in [1.165, 1.54) is 17.0 Å². The van der Waals surface area contributed by atoms with Gasteiger partial charge in [-0.2, -0.15) is 28.6 Å². The molecule has 0 amide bonds. The topological polar surface area (TPSA) is 123 Å². The van der Waals surface area contributed by atoms with Gasteiger partial charge < -0.3 is 10.5 Å². The molecule has 1 aliphatic carbocycles. The van der Waals surface area contributed by atoms with Crippen LogP contribution >= 0.6 is 11.6 Å². The summed E-state index contributed by atoms with van der Waals surface area (Å²) in [5.74, 6) is -2.01. The number of H-pyrrole nitrogens is 1. The molecule has 0 spiro atoms. The Kier molecular flexibility index (Phi) is 7.20. The number of aromatic nitrogens is 4. The van der Waals surface area contributed by atoms with Gasteiger partial charge in [0.2, 0.25) is 0 Å². The predicted octanol–water partition coefficient (Wildman–Crippen LogP) is 4.59. The first-order valence-corrected chi connectivity index (χ1v) is 11.2. The van der Waals surface area contributed by atoms with Gasteiger partial charge in [0, 0.05) is 30.6 Å². The van der Waals surface area contributed by atoms with E-state index in [-0.39, 0.29) is 30.6 Å². The van der Waals surface area contributed by atoms with Crippen LogP contribution in [0.4, 0.5) is 17.6 Å². The summed E-state index contributed by atoms with van der Waals surface area (Å²) in [7, 11) is 1.60. The Balaban J connectivity index is 1.79. The number of aryl methyl sites for hydroxylation is 1. The van der Waals surface area contributed by atoms with Gasteiger partial charge in [0.25, 0.3) is 5.56 Å². The zero-order chi connectivity index (χ0) is 26.9. The standard InChI is InChI=1S/C24H19ClF4N6O2/c1-35-20(5-13(9-30)21(6-14(25)8-26)37-22-7-18(22)24(27,28)29)17(11-32-35)12-2-3-15-16(4-12)19(10-31)33-34-23(15)36/h2-6,8,11,18,22H,7,10,31H2,1H3,(H,34,36)/b13-5+,14-8-,21-6+/t18-,22-/m0/s1. The van der Waals surface area contributed by atoms with E-state index in [0.29, 0.717) is 33.3 Å². The molecular weight excluding hydrogens is 516 g/mol. The largest absolute Gasteiger partial charge is 0.488 e. The van der Waals surface area contributed by atoms with E-state index in [0.717, 1.165) is 6.08 Å². The second-order valence-electron chi connectivity index (χ2n) is 8.24. The molecule has 4 rings (SSSR count). The highest BCUT2D eigenvalue weighted by Crippen LogP contribution is 2.48. The van der Waals surface area contributed by atoms with Crippen LogP contribution < -0.4 is 11.3 Å². The lowest BCUT2D eigenvalue weighted by Crippen LogP contribution is -2.15. The molecule has 1 saturated carbocycles. The maximum Gasteiger partial charge on any atom is 0.395 e. The van der Waals surface area contributed by atoms with Gasteiger partial charge in [0.1, 0.15) is 24.3 Å². The van der Waals surface area contributed by atoms with E-state index in [1.807, 2.05) is 6.07 Å². The molecule has 0 saturated heterocycles. The number of rotatable bonds is 7. The van der Waals surface area contributed by atoms with Crippen LogP contribution in [0.1, 0.15) is 17.8 Å². The fourth-order valence-electron chi connectivity index (χ4n) is 3.82. The number of aromatic amines is 1. The molecule has 0 radical (unpaired) electrons. The summed E-state index contributed by atoms with van der Waals surface area (Å²) in [4.78, 5) is 12.2. The highest BCUT2D eigenvalue weighted by Gasteiger charge is 2.58. The van der Waals surface area contributed by atoms with Gasteiger partial charge in [-0.1, -0.05) is 17.7 Å². The highest BCUT2D eigenvalue weighted by molar-refractivity contribution is 6.31. The van der Waals surface area contributed by atoms with Crippen LogP contribution in [0.2, 0.25) is 0 Å². The second kappa shape index (κ2) is 10.2. The van der Waals surface area contributed by atoms with Gasteiger partial charge in [-0.05, 0) is 30.2 Å². The molecule has 1 aliphatic rings. The number of nitrogens with zero attached hydrogens (tertiary/aromatic N) is 4. The quantitative estimate of drug-likeness (QED) is 0.198. The minimum Gasteiger partial charge on any atom is -0.488 e. The van der Waals surface area contributed by atoms with Crippen LogP contribution in [0, 0.1) is 17.2 Å². The van der Waals surface area contributed by atoms with Crippen LogP contribution in [0.3, 0.4) is 0 Å². The first kappa shape index (κ1) is 26.1. The molecule has 2 atom stereocenters. The van der Waals surface area contributed by atoms with Gasteiger partial charge >= 0.3 is 6.18 Å². The van der Waals surface area contributed by atoms with Crippen molar-refractivity contribution in [3.63, 3.8) is 0 Å². The third-order valence-electron chi connectivity index (χ3n) is 5.83. The summed E-state index contributed by atoms with van der Waals surface area (Å²) in [6, 6.07) is 6.86. The lowest BCUT2D eigenvalue weighted by atomic mass is 10.0. The van der Waals surface area contributed by atoms with Crippen molar-refractivity contribution in [2.24, 2.45) is 18.7 Å². The number of allylic oxidation sites excluding steroid dienone is 3. The number of nitrogens with one attached hydrogen (secondary N) is 1. The molecule has 0 aliphatic heterocycles. The van der Waals surface area contributed by atoms with E-state index >= 15 is 0 Å². The van der Waals surface area contributed by atoms with E-state index in [2.05, 4.69) is 15.3 Å². The Morgan fingerprint density at radius 1 is 1.41 bits per heavy atom. The molecule has 2 heterocycles. The molecule has 1 fully saturated rings. The number of nitrogens with two attached hydrogens (primary N) is 1. The third kappa shape index (κ3) is 5.42. The number of nitriles is 1. The Labute approximate surface area is 212 Å². The van der Waals surface area contributed by atoms with Crippen LogP contribution in [-0.2, 0) is 18.3 Å². The molecule has 0 unspecified atom stereocenters. The van der Waals surface area contributed by atoms with Gasteiger partial charge in [-0.25, -0.2) is 9.49 Å². The number of benzene rings is 1. The monoisotopic (exact) mass is 534 g/mol. The highest BCUT2D eigenvalue weighted by atomic mass is 35.5. The lowest BCUT2D eigenvalue weighted by molar-refractivity contribution is -0.155. The maximum atomic E-state index is 13.0. The molecule has 1 aromatic carbocycles. The van der Waals surface area contributed by atoms with Crippen LogP contribution in [0.25, 0.3) is 28.0 Å². The molecule has 8 nitrogen and oxygen atoms in total. The average Bonchev–Trinajstić information content (AvgIpc) is 3.57. The van der Waals surface area contributed by atoms with Gasteiger partial charge in [-0.15, -0.1) is 0 Å². The molecule has 3 N–H and O–H groups in total. The van der Waals surface area contributed by atoms with Crippen molar-refractivity contribution < 1.29 is 22.3 Å². The number of halogens is 5. The van der Waals surface area contributed by atoms with Crippen molar-refractivity contribution in [1.29, 1.82) is 5.26 Å². The zero-order valence-electron chi connectivity index (χ0n) is 19.2. The van der Waals surface area contributed by atoms with E-state index in [9.17, 15) is 27.6 Å². The Morgan fingerprint density at radius 2 is 2.16 bits per heavy atom. The molecule has 37 heavy (non-hydrogen) atoms. The molecule has 3 aromatic rings. The number of hydrogen-bond acceptors (Lipinski definition) is 6. The first-order valence-electron chi connectivity index (χ1n) is 10.8. The predicted molar refractivity (Wildman–Crippen MR) is 128 cm³/mol. The van der Waals surface area contributed by atoms with Crippen molar-refractivity contribution in [3.8, 4) is 17.2 Å². The molecule has 0 bridgehead atoms. The normalized spacial score (nSPS) is 18.7. The first-order chi connectivity index (χ1) is 17.6. The summed E-state index contributed by atoms with van der Waals surface area (Å²) < 4.78 is 58.9. The van der Waals surface area contributed by atoms with Crippen LogP contribution in [0.5, 0.6) is 0 Å². The van der Waals surface area contributed by atoms with Crippen molar-refractivity contribution in [1.82, 2.24) is 20.0 Å². The lowest BCUT2D eigenvalue weighted by Gasteiger charge is -2.12. The number of alkyl halides is 3. The van der Waals surface area contributed by atoms with Crippen molar-refractivity contribution in [3.05, 3.63) is 74.9 Å². The van der Waals surface area contributed by atoms with Crippen molar-refractivity contribution >= 4 is 28.4 Å². The van der Waals surface area contributed by atoms with E-state index < -0.39 is 28.8 Å². The van der Waals surface area contributed by atoms with Crippen molar-refractivity contribution in [2.45, 2.75) is 25.2 Å². The van der Waals surface area contributed by atoms with Gasteiger partial charge in [0.15, 0.2) is 0 Å².